The van der Waals surface area contributed by atoms with Crippen LogP contribution in [-0.2, 0) is 11.3 Å². The average Bonchev–Trinajstić information content (AvgIpc) is 3.08. The first kappa shape index (κ1) is 11.2. The molecule has 2 aliphatic rings. The zero-order valence-electron chi connectivity index (χ0n) is 10.1. The van der Waals surface area contributed by atoms with Gasteiger partial charge in [-0.05, 0) is 17.5 Å². The highest BCUT2D eigenvalue weighted by molar-refractivity contribution is 5.31. The molecule has 0 amide bonds. The Kier molecular flexibility index (Phi) is 3.14. The molecule has 3 rings (SSSR count). The van der Waals surface area contributed by atoms with Gasteiger partial charge in [0, 0.05) is 31.6 Å². The summed E-state index contributed by atoms with van der Waals surface area (Å²) in [4.78, 5) is 2.45. The largest absolute Gasteiger partial charge is 0.379 e. The lowest BCUT2D eigenvalue weighted by atomic mass is 10.1. The van der Waals surface area contributed by atoms with Crippen LogP contribution in [0.2, 0.25) is 0 Å². The molecule has 0 radical (unpaired) electrons. The molecule has 0 spiro atoms. The minimum Gasteiger partial charge on any atom is -0.379 e. The Morgan fingerprint density at radius 3 is 2.76 bits per heavy atom. The third-order valence-electron chi connectivity index (χ3n) is 3.73. The maximum Gasteiger partial charge on any atom is 0.0594 e. The van der Waals surface area contributed by atoms with E-state index in [0.717, 1.165) is 39.3 Å². The normalized spacial score (nSPS) is 29.2. The molecular formula is C14H20N2O. The molecule has 2 unspecified atom stereocenters. The van der Waals surface area contributed by atoms with Gasteiger partial charge in [0.05, 0.1) is 13.2 Å². The number of nitrogens with two attached hydrogens (primary N) is 1. The zero-order chi connectivity index (χ0) is 11.7. The van der Waals surface area contributed by atoms with E-state index >= 15 is 0 Å². The number of morpholine rings is 1. The first-order valence-corrected chi connectivity index (χ1v) is 6.47. The molecule has 2 N–H and O–H groups in total. The monoisotopic (exact) mass is 232 g/mol. The minimum absolute atomic E-state index is 0.397. The van der Waals surface area contributed by atoms with Crippen LogP contribution in [0.25, 0.3) is 0 Å². The maximum absolute atomic E-state index is 5.91. The van der Waals surface area contributed by atoms with E-state index in [2.05, 4.69) is 29.2 Å². The van der Waals surface area contributed by atoms with Crippen LogP contribution in [0.5, 0.6) is 0 Å². The number of ether oxygens (including phenoxy) is 1. The molecule has 2 fully saturated rings. The fourth-order valence-electron chi connectivity index (χ4n) is 2.54. The second kappa shape index (κ2) is 4.77. The summed E-state index contributed by atoms with van der Waals surface area (Å²) < 4.78 is 5.37. The van der Waals surface area contributed by atoms with Gasteiger partial charge in [0.1, 0.15) is 0 Å². The Morgan fingerprint density at radius 2 is 2.06 bits per heavy atom. The van der Waals surface area contributed by atoms with Crippen LogP contribution in [0.3, 0.4) is 0 Å². The quantitative estimate of drug-likeness (QED) is 0.854. The van der Waals surface area contributed by atoms with Crippen molar-refractivity contribution in [2.45, 2.75) is 24.9 Å². The lowest BCUT2D eigenvalue weighted by Gasteiger charge is -2.26. The Hall–Kier alpha value is -0.900. The van der Waals surface area contributed by atoms with Crippen molar-refractivity contribution in [3.8, 4) is 0 Å². The lowest BCUT2D eigenvalue weighted by Crippen LogP contribution is -2.35. The van der Waals surface area contributed by atoms with Crippen molar-refractivity contribution in [2.24, 2.45) is 5.73 Å². The first-order valence-electron chi connectivity index (χ1n) is 6.47. The zero-order valence-corrected chi connectivity index (χ0v) is 10.1. The predicted octanol–water partition coefficient (Wildman–Crippen LogP) is 1.33. The molecule has 0 aromatic heterocycles. The molecule has 17 heavy (non-hydrogen) atoms. The molecule has 1 aromatic rings. The van der Waals surface area contributed by atoms with Crippen molar-refractivity contribution in [3.63, 3.8) is 0 Å². The highest BCUT2D eigenvalue weighted by atomic mass is 16.5. The molecule has 1 aliphatic heterocycles. The average molecular weight is 232 g/mol. The predicted molar refractivity (Wildman–Crippen MR) is 67.9 cm³/mol. The van der Waals surface area contributed by atoms with Gasteiger partial charge in [-0.3, -0.25) is 4.90 Å². The van der Waals surface area contributed by atoms with Gasteiger partial charge in [-0.2, -0.15) is 0 Å². The fourth-order valence-corrected chi connectivity index (χ4v) is 2.54. The van der Waals surface area contributed by atoms with Gasteiger partial charge >= 0.3 is 0 Å². The lowest BCUT2D eigenvalue weighted by molar-refractivity contribution is 0.0342. The van der Waals surface area contributed by atoms with Gasteiger partial charge in [-0.25, -0.2) is 0 Å². The van der Waals surface area contributed by atoms with Crippen molar-refractivity contribution in [3.05, 3.63) is 35.4 Å². The van der Waals surface area contributed by atoms with Crippen LogP contribution >= 0.6 is 0 Å². The summed E-state index contributed by atoms with van der Waals surface area (Å²) in [6.07, 6.45) is 1.15. The Bertz CT molecular complexity index is 388. The van der Waals surface area contributed by atoms with Gasteiger partial charge in [-0.1, -0.05) is 24.3 Å². The molecule has 3 nitrogen and oxygen atoms in total. The first-order chi connectivity index (χ1) is 8.33. The standard InChI is InChI=1S/C14H20N2O/c15-14-9-13(14)12-3-1-2-11(8-12)10-16-4-6-17-7-5-16/h1-3,8,13-14H,4-7,9-10,15H2. The SMILES string of the molecule is NC1CC1c1cccc(CN2CCOCC2)c1. The highest BCUT2D eigenvalue weighted by Gasteiger charge is 2.34. The highest BCUT2D eigenvalue weighted by Crippen LogP contribution is 2.39. The summed E-state index contributed by atoms with van der Waals surface area (Å²) in [5.41, 5.74) is 8.73. The number of hydrogen-bond acceptors (Lipinski definition) is 3. The van der Waals surface area contributed by atoms with Crippen molar-refractivity contribution < 1.29 is 4.74 Å². The van der Waals surface area contributed by atoms with Crippen LogP contribution in [-0.4, -0.2) is 37.2 Å². The van der Waals surface area contributed by atoms with E-state index < -0.39 is 0 Å². The number of nitrogens with zero attached hydrogens (tertiary/aromatic N) is 1. The minimum atomic E-state index is 0.397. The van der Waals surface area contributed by atoms with Crippen molar-refractivity contribution in [2.75, 3.05) is 26.3 Å². The summed E-state index contributed by atoms with van der Waals surface area (Å²) in [6, 6.07) is 9.31. The van der Waals surface area contributed by atoms with E-state index in [9.17, 15) is 0 Å². The summed E-state index contributed by atoms with van der Waals surface area (Å²) in [5.74, 6) is 0.611. The fraction of sp³-hybridized carbons (Fsp3) is 0.571. The van der Waals surface area contributed by atoms with Crippen molar-refractivity contribution in [1.29, 1.82) is 0 Å². The molecule has 1 heterocycles. The van der Waals surface area contributed by atoms with E-state index in [1.54, 1.807) is 0 Å². The molecular weight excluding hydrogens is 212 g/mol. The number of benzene rings is 1. The topological polar surface area (TPSA) is 38.5 Å². The van der Waals surface area contributed by atoms with Crippen molar-refractivity contribution >= 4 is 0 Å². The third kappa shape index (κ3) is 2.68. The molecule has 1 aromatic carbocycles. The van der Waals surface area contributed by atoms with E-state index in [1.165, 1.54) is 11.1 Å². The van der Waals surface area contributed by atoms with E-state index in [-0.39, 0.29) is 0 Å². The second-order valence-corrected chi connectivity index (χ2v) is 5.14. The summed E-state index contributed by atoms with van der Waals surface area (Å²) in [6.45, 7) is 4.87. The van der Waals surface area contributed by atoms with Gasteiger partial charge in [0.25, 0.3) is 0 Å². The molecule has 92 valence electrons. The molecule has 3 heteroatoms. The summed E-state index contributed by atoms with van der Waals surface area (Å²) >= 11 is 0. The number of hydrogen-bond donors (Lipinski definition) is 1. The third-order valence-corrected chi connectivity index (χ3v) is 3.73. The van der Waals surface area contributed by atoms with Gasteiger partial charge < -0.3 is 10.5 Å². The molecule has 1 saturated heterocycles. The summed E-state index contributed by atoms with van der Waals surface area (Å²) in [7, 11) is 0. The molecule has 0 bridgehead atoms. The molecule has 2 atom stereocenters. The van der Waals surface area contributed by atoms with E-state index in [0.29, 0.717) is 12.0 Å². The van der Waals surface area contributed by atoms with E-state index in [1.807, 2.05) is 0 Å². The molecule has 1 saturated carbocycles. The Balaban J connectivity index is 1.65. The second-order valence-electron chi connectivity index (χ2n) is 5.14. The summed E-state index contributed by atoms with van der Waals surface area (Å²) in [5, 5.41) is 0. The maximum atomic E-state index is 5.91. The van der Waals surface area contributed by atoms with Gasteiger partial charge in [0.2, 0.25) is 0 Å². The van der Waals surface area contributed by atoms with Crippen LogP contribution < -0.4 is 5.73 Å². The van der Waals surface area contributed by atoms with Crippen LogP contribution in [0.4, 0.5) is 0 Å². The van der Waals surface area contributed by atoms with Crippen molar-refractivity contribution in [1.82, 2.24) is 4.90 Å². The Labute approximate surface area is 103 Å². The van der Waals surface area contributed by atoms with Gasteiger partial charge in [-0.15, -0.1) is 0 Å². The molecule has 1 aliphatic carbocycles. The number of rotatable bonds is 3. The van der Waals surface area contributed by atoms with E-state index in [4.69, 9.17) is 10.5 Å². The van der Waals surface area contributed by atoms with Crippen LogP contribution in [0.15, 0.2) is 24.3 Å². The van der Waals surface area contributed by atoms with Crippen LogP contribution in [0.1, 0.15) is 23.5 Å². The Morgan fingerprint density at radius 1 is 1.29 bits per heavy atom. The van der Waals surface area contributed by atoms with Gasteiger partial charge in [0.15, 0.2) is 0 Å². The van der Waals surface area contributed by atoms with Crippen LogP contribution in [0, 0.1) is 0 Å². The smallest absolute Gasteiger partial charge is 0.0594 e.